The van der Waals surface area contributed by atoms with Crippen LogP contribution < -0.4 is 4.74 Å². The number of nitrogens with zero attached hydrogens (tertiary/aromatic N) is 1. The second-order valence-electron chi connectivity index (χ2n) is 6.22. The number of cyclic esters (lactones) is 1. The first kappa shape index (κ1) is 17.7. The monoisotopic (exact) mass is 351 g/mol. The van der Waals surface area contributed by atoms with Crippen LogP contribution in [0.4, 0.5) is 4.79 Å². The van der Waals surface area contributed by atoms with Crippen molar-refractivity contribution in [2.24, 2.45) is 0 Å². The van der Waals surface area contributed by atoms with Gasteiger partial charge in [-0.05, 0) is 54.3 Å². The van der Waals surface area contributed by atoms with Crippen molar-refractivity contribution in [2.75, 3.05) is 13.7 Å². The van der Waals surface area contributed by atoms with Gasteiger partial charge in [0, 0.05) is 6.08 Å². The van der Waals surface area contributed by atoms with Gasteiger partial charge in [-0.3, -0.25) is 4.79 Å². The number of methoxy groups -OCH3 is 1. The van der Waals surface area contributed by atoms with E-state index >= 15 is 0 Å². The average Bonchev–Trinajstić information content (AvgIpc) is 3.03. The molecule has 1 atom stereocenters. The average molecular weight is 351 g/mol. The molecule has 1 aliphatic heterocycles. The lowest BCUT2D eigenvalue weighted by atomic mass is 10.0. The summed E-state index contributed by atoms with van der Waals surface area (Å²) in [5.74, 6) is 0.381. The Balaban J connectivity index is 1.85. The van der Waals surface area contributed by atoms with Crippen LogP contribution in [0.5, 0.6) is 5.75 Å². The molecule has 5 nitrogen and oxygen atoms in total. The standard InChI is InChI=1S/C21H21NO4/c1-14-11-17(25-3)12-15(2)18(14)9-10-20(23)22-19(13-26-21(22)24)16-7-5-4-6-8-16/h4-12,19H,13H2,1-3H3/t19-/m1/s1. The Bertz CT molecular complexity index is 835. The second-order valence-corrected chi connectivity index (χ2v) is 6.22. The number of ether oxygens (including phenoxy) is 2. The minimum atomic E-state index is -0.614. The first-order chi connectivity index (χ1) is 12.5. The molecule has 1 heterocycles. The molecule has 0 bridgehead atoms. The lowest BCUT2D eigenvalue weighted by Crippen LogP contribution is -2.32. The van der Waals surface area contributed by atoms with Crippen LogP contribution in [0.15, 0.2) is 48.5 Å². The van der Waals surface area contributed by atoms with E-state index in [2.05, 4.69) is 0 Å². The summed E-state index contributed by atoms with van der Waals surface area (Å²) in [6, 6.07) is 12.8. The van der Waals surface area contributed by atoms with Gasteiger partial charge in [0.2, 0.25) is 0 Å². The summed E-state index contributed by atoms with van der Waals surface area (Å²) in [4.78, 5) is 25.9. The molecule has 0 unspecified atom stereocenters. The van der Waals surface area contributed by atoms with Gasteiger partial charge in [-0.25, -0.2) is 9.69 Å². The van der Waals surface area contributed by atoms with E-state index in [0.717, 1.165) is 28.0 Å². The van der Waals surface area contributed by atoms with Gasteiger partial charge in [0.15, 0.2) is 0 Å². The Labute approximate surface area is 152 Å². The van der Waals surface area contributed by atoms with Crippen LogP contribution >= 0.6 is 0 Å². The van der Waals surface area contributed by atoms with Crippen molar-refractivity contribution in [3.8, 4) is 5.75 Å². The number of aryl methyl sites for hydroxylation is 2. The molecule has 0 saturated carbocycles. The molecule has 26 heavy (non-hydrogen) atoms. The zero-order chi connectivity index (χ0) is 18.7. The van der Waals surface area contributed by atoms with Crippen molar-refractivity contribution < 1.29 is 19.1 Å². The van der Waals surface area contributed by atoms with Crippen LogP contribution in [0.3, 0.4) is 0 Å². The van der Waals surface area contributed by atoms with Crippen molar-refractivity contribution in [3.05, 3.63) is 70.8 Å². The highest BCUT2D eigenvalue weighted by molar-refractivity contribution is 6.02. The van der Waals surface area contributed by atoms with Crippen LogP contribution in [0.25, 0.3) is 6.08 Å². The topological polar surface area (TPSA) is 55.8 Å². The van der Waals surface area contributed by atoms with Gasteiger partial charge >= 0.3 is 6.09 Å². The van der Waals surface area contributed by atoms with E-state index in [1.165, 1.54) is 11.0 Å². The second kappa shape index (κ2) is 7.44. The first-order valence-corrected chi connectivity index (χ1v) is 8.39. The molecule has 2 aromatic rings. The Hall–Kier alpha value is -3.08. The molecule has 1 aliphatic rings. The van der Waals surface area contributed by atoms with Crippen LogP contribution in [0.2, 0.25) is 0 Å². The normalized spacial score (nSPS) is 16.8. The van der Waals surface area contributed by atoms with E-state index in [1.807, 2.05) is 56.3 Å². The summed E-state index contributed by atoms with van der Waals surface area (Å²) < 4.78 is 10.4. The van der Waals surface area contributed by atoms with Crippen molar-refractivity contribution in [2.45, 2.75) is 19.9 Å². The predicted octanol–water partition coefficient (Wildman–Crippen LogP) is 4.05. The van der Waals surface area contributed by atoms with Gasteiger partial charge in [0.05, 0.1) is 7.11 Å². The van der Waals surface area contributed by atoms with Gasteiger partial charge in [-0.15, -0.1) is 0 Å². The Morgan fingerprint density at radius 1 is 1.19 bits per heavy atom. The molecule has 2 amide bonds. The maximum Gasteiger partial charge on any atom is 0.417 e. The van der Waals surface area contributed by atoms with Crippen molar-refractivity contribution >= 4 is 18.1 Å². The van der Waals surface area contributed by atoms with Gasteiger partial charge in [-0.1, -0.05) is 30.3 Å². The third kappa shape index (κ3) is 3.47. The SMILES string of the molecule is COc1cc(C)c(C=CC(=O)N2C(=O)OC[C@@H]2c2ccccc2)c(C)c1. The molecule has 5 heteroatoms. The number of benzene rings is 2. The van der Waals surface area contributed by atoms with Gasteiger partial charge in [0.25, 0.3) is 5.91 Å². The fourth-order valence-electron chi connectivity index (χ4n) is 3.14. The third-order valence-electron chi connectivity index (χ3n) is 4.49. The first-order valence-electron chi connectivity index (χ1n) is 8.39. The van der Waals surface area contributed by atoms with Crippen molar-refractivity contribution in [3.63, 3.8) is 0 Å². The van der Waals surface area contributed by atoms with Crippen molar-refractivity contribution in [1.82, 2.24) is 4.90 Å². The van der Waals surface area contributed by atoms with Gasteiger partial charge in [0.1, 0.15) is 18.4 Å². The highest BCUT2D eigenvalue weighted by Crippen LogP contribution is 2.28. The molecule has 0 spiro atoms. The third-order valence-corrected chi connectivity index (χ3v) is 4.49. The lowest BCUT2D eigenvalue weighted by molar-refractivity contribution is -0.124. The molecule has 0 aliphatic carbocycles. The highest BCUT2D eigenvalue weighted by atomic mass is 16.6. The molecule has 1 fully saturated rings. The van der Waals surface area contributed by atoms with Gasteiger partial charge < -0.3 is 9.47 Å². The lowest BCUT2D eigenvalue weighted by Gasteiger charge is -2.18. The zero-order valence-corrected chi connectivity index (χ0v) is 15.1. The molecular weight excluding hydrogens is 330 g/mol. The maximum absolute atomic E-state index is 12.7. The van der Waals surface area contributed by atoms with Gasteiger partial charge in [-0.2, -0.15) is 0 Å². The van der Waals surface area contributed by atoms with Crippen LogP contribution in [0, 0.1) is 13.8 Å². The number of carbonyl (C=O) groups excluding carboxylic acids is 2. The van der Waals surface area contributed by atoms with E-state index in [4.69, 9.17) is 9.47 Å². The molecule has 0 N–H and O–H groups in total. The molecule has 134 valence electrons. The predicted molar refractivity (Wildman–Crippen MR) is 98.9 cm³/mol. The number of hydrogen-bond donors (Lipinski definition) is 0. The van der Waals surface area contributed by atoms with E-state index in [-0.39, 0.29) is 6.61 Å². The van der Waals surface area contributed by atoms with E-state index in [0.29, 0.717) is 0 Å². The molecular formula is C21H21NO4. The maximum atomic E-state index is 12.7. The molecule has 0 aromatic heterocycles. The smallest absolute Gasteiger partial charge is 0.417 e. The summed E-state index contributed by atoms with van der Waals surface area (Å²) in [7, 11) is 1.62. The number of amides is 2. The van der Waals surface area contributed by atoms with E-state index in [9.17, 15) is 9.59 Å². The quantitative estimate of drug-likeness (QED) is 0.780. The number of hydrogen-bond acceptors (Lipinski definition) is 4. The fraction of sp³-hybridized carbons (Fsp3) is 0.238. The molecule has 2 aromatic carbocycles. The number of imide groups is 1. The molecule has 1 saturated heterocycles. The van der Waals surface area contributed by atoms with Crippen LogP contribution in [0.1, 0.15) is 28.3 Å². The summed E-state index contributed by atoms with van der Waals surface area (Å²) in [5, 5.41) is 0. The van der Waals surface area contributed by atoms with E-state index < -0.39 is 18.0 Å². The van der Waals surface area contributed by atoms with E-state index in [1.54, 1.807) is 13.2 Å². The minimum absolute atomic E-state index is 0.170. The summed E-state index contributed by atoms with van der Waals surface area (Å²) in [6.07, 6.45) is 2.54. The van der Waals surface area contributed by atoms with Crippen LogP contribution in [-0.4, -0.2) is 30.6 Å². The summed E-state index contributed by atoms with van der Waals surface area (Å²) in [6.45, 7) is 4.08. The molecule has 3 rings (SSSR count). The largest absolute Gasteiger partial charge is 0.497 e. The Morgan fingerprint density at radius 2 is 1.85 bits per heavy atom. The minimum Gasteiger partial charge on any atom is -0.497 e. The number of carbonyl (C=O) groups is 2. The Kier molecular flexibility index (Phi) is 5.07. The van der Waals surface area contributed by atoms with Crippen LogP contribution in [-0.2, 0) is 9.53 Å². The fourth-order valence-corrected chi connectivity index (χ4v) is 3.14. The Morgan fingerprint density at radius 3 is 2.46 bits per heavy atom. The summed E-state index contributed by atoms with van der Waals surface area (Å²) in [5.41, 5.74) is 3.80. The summed E-state index contributed by atoms with van der Waals surface area (Å²) >= 11 is 0. The zero-order valence-electron chi connectivity index (χ0n) is 15.1. The molecule has 0 radical (unpaired) electrons. The van der Waals surface area contributed by atoms with Crippen molar-refractivity contribution in [1.29, 1.82) is 0 Å². The highest BCUT2D eigenvalue weighted by Gasteiger charge is 2.37. The number of rotatable bonds is 4.